The summed E-state index contributed by atoms with van der Waals surface area (Å²) in [5.74, 6) is -0.330. The average molecular weight is 352 g/mol. The Morgan fingerprint density at radius 1 is 1.15 bits per heavy atom. The van der Waals surface area contributed by atoms with Gasteiger partial charge < -0.3 is 14.3 Å². The summed E-state index contributed by atoms with van der Waals surface area (Å²) in [5, 5.41) is 9.61. The smallest absolute Gasteiger partial charge is 0.339 e. The van der Waals surface area contributed by atoms with Crippen LogP contribution in [-0.2, 0) is 17.8 Å². The number of ether oxygens (including phenoxy) is 1. The van der Waals surface area contributed by atoms with Crippen molar-refractivity contribution < 1.29 is 19.1 Å². The zero-order chi connectivity index (χ0) is 18.7. The zero-order valence-electron chi connectivity index (χ0n) is 14.7. The maximum absolute atomic E-state index is 12.2. The number of fused-ring (bicyclic) bond motifs is 1. The molecule has 3 rings (SSSR count). The summed E-state index contributed by atoms with van der Waals surface area (Å²) in [6.45, 7) is 4.26. The number of hydrogen-bond acceptors (Lipinski definition) is 4. The second kappa shape index (κ2) is 7.44. The van der Waals surface area contributed by atoms with Crippen LogP contribution in [0.5, 0.6) is 5.75 Å². The predicted molar refractivity (Wildman–Crippen MR) is 98.7 cm³/mol. The van der Waals surface area contributed by atoms with Crippen molar-refractivity contribution >= 4 is 16.9 Å². The van der Waals surface area contributed by atoms with Crippen LogP contribution >= 0.6 is 0 Å². The van der Waals surface area contributed by atoms with Gasteiger partial charge in [-0.25, -0.2) is 4.79 Å². The van der Waals surface area contributed by atoms with Gasteiger partial charge in [-0.2, -0.15) is 0 Å². The molecule has 1 N–H and O–H groups in total. The average Bonchev–Trinajstić information content (AvgIpc) is 2.59. The number of benzene rings is 2. The van der Waals surface area contributed by atoms with Gasteiger partial charge in [0.1, 0.15) is 17.9 Å². The summed E-state index contributed by atoms with van der Waals surface area (Å²) >= 11 is 0. The molecule has 0 aliphatic carbocycles. The molecule has 5 nitrogen and oxygen atoms in total. The first-order valence-electron chi connectivity index (χ1n) is 8.40. The fraction of sp³-hybridized carbons (Fsp3) is 0.238. The molecule has 0 aliphatic heterocycles. The number of hydrogen-bond donors (Lipinski definition) is 1. The van der Waals surface area contributed by atoms with Gasteiger partial charge in [-0.1, -0.05) is 29.8 Å². The fourth-order valence-electron chi connectivity index (χ4n) is 2.95. The fourth-order valence-corrected chi connectivity index (χ4v) is 2.95. The molecule has 0 fully saturated rings. The van der Waals surface area contributed by atoms with Crippen LogP contribution in [0.25, 0.3) is 11.0 Å². The van der Waals surface area contributed by atoms with E-state index in [9.17, 15) is 9.59 Å². The molecule has 134 valence electrons. The van der Waals surface area contributed by atoms with Gasteiger partial charge in [0.05, 0.1) is 0 Å². The lowest BCUT2D eigenvalue weighted by Crippen LogP contribution is -2.12. The van der Waals surface area contributed by atoms with Crippen LogP contribution in [-0.4, -0.2) is 11.1 Å². The molecule has 2 aromatic carbocycles. The summed E-state index contributed by atoms with van der Waals surface area (Å²) in [7, 11) is 0. The largest absolute Gasteiger partial charge is 0.489 e. The van der Waals surface area contributed by atoms with Gasteiger partial charge in [-0.05, 0) is 43.5 Å². The Bertz CT molecular complexity index is 1020. The number of carboxylic acids is 1. The van der Waals surface area contributed by atoms with Crippen molar-refractivity contribution in [2.45, 2.75) is 33.3 Å². The highest BCUT2D eigenvalue weighted by Crippen LogP contribution is 2.25. The number of carboxylic acid groups (broad SMARTS) is 1. The monoisotopic (exact) mass is 352 g/mol. The molecule has 3 aromatic rings. The first-order valence-corrected chi connectivity index (χ1v) is 8.40. The van der Waals surface area contributed by atoms with E-state index >= 15 is 0 Å². The number of aryl methyl sites for hydroxylation is 2. The molecule has 0 amide bonds. The van der Waals surface area contributed by atoms with E-state index in [1.54, 1.807) is 6.07 Å². The third-order valence-corrected chi connectivity index (χ3v) is 4.34. The Balaban J connectivity index is 1.85. The second-order valence-electron chi connectivity index (χ2n) is 6.32. The highest BCUT2D eigenvalue weighted by Gasteiger charge is 2.13. The Hall–Kier alpha value is -3.08. The molecule has 0 radical (unpaired) electrons. The van der Waals surface area contributed by atoms with Crippen molar-refractivity contribution in [1.29, 1.82) is 0 Å². The standard InChI is InChI=1S/C21H20O5/c1-13-4-3-5-15(10-13)12-25-16-6-7-17-14(2)18(8-9-20(22)23)21(24)26-19(17)11-16/h3-7,10-11H,8-9,12H2,1-2H3,(H,22,23). The van der Waals surface area contributed by atoms with Crippen LogP contribution in [0.15, 0.2) is 51.7 Å². The lowest BCUT2D eigenvalue weighted by Gasteiger charge is -2.10. The minimum absolute atomic E-state index is 0.102. The minimum Gasteiger partial charge on any atom is -0.489 e. The van der Waals surface area contributed by atoms with Crippen LogP contribution in [0, 0.1) is 13.8 Å². The third-order valence-electron chi connectivity index (χ3n) is 4.34. The molecule has 0 saturated heterocycles. The lowest BCUT2D eigenvalue weighted by atomic mass is 10.0. The normalized spacial score (nSPS) is 10.8. The Kier molecular flexibility index (Phi) is 5.07. The van der Waals surface area contributed by atoms with Crippen molar-refractivity contribution in [1.82, 2.24) is 0 Å². The third kappa shape index (κ3) is 3.94. The van der Waals surface area contributed by atoms with Crippen LogP contribution < -0.4 is 10.4 Å². The summed E-state index contributed by atoms with van der Waals surface area (Å²) in [5.41, 5.74) is 3.34. The predicted octanol–water partition coefficient (Wildman–Crippen LogP) is 4.01. The molecule has 1 heterocycles. The van der Waals surface area contributed by atoms with E-state index in [0.29, 0.717) is 23.5 Å². The molecule has 0 bridgehead atoms. The highest BCUT2D eigenvalue weighted by molar-refractivity contribution is 5.82. The quantitative estimate of drug-likeness (QED) is 0.678. The van der Waals surface area contributed by atoms with Crippen molar-refractivity contribution in [3.63, 3.8) is 0 Å². The van der Waals surface area contributed by atoms with Gasteiger partial charge in [0.2, 0.25) is 0 Å². The van der Waals surface area contributed by atoms with Crippen LogP contribution in [0.3, 0.4) is 0 Å². The maximum Gasteiger partial charge on any atom is 0.339 e. The molecular weight excluding hydrogens is 332 g/mol. The molecule has 0 spiro atoms. The highest BCUT2D eigenvalue weighted by atomic mass is 16.5. The number of aliphatic carboxylic acids is 1. The van der Waals surface area contributed by atoms with Crippen molar-refractivity contribution in [3.8, 4) is 5.75 Å². The summed E-state index contributed by atoms with van der Waals surface area (Å²) in [4.78, 5) is 23.0. The molecular formula is C21H20O5. The van der Waals surface area contributed by atoms with Gasteiger partial charge in [0, 0.05) is 23.4 Å². The topological polar surface area (TPSA) is 76.7 Å². The van der Waals surface area contributed by atoms with Crippen molar-refractivity contribution in [2.24, 2.45) is 0 Å². The van der Waals surface area contributed by atoms with E-state index < -0.39 is 11.6 Å². The van der Waals surface area contributed by atoms with E-state index in [2.05, 4.69) is 6.07 Å². The van der Waals surface area contributed by atoms with E-state index in [4.69, 9.17) is 14.3 Å². The zero-order valence-corrected chi connectivity index (χ0v) is 14.7. The van der Waals surface area contributed by atoms with Crippen molar-refractivity contribution in [3.05, 3.63) is 75.1 Å². The molecule has 26 heavy (non-hydrogen) atoms. The molecule has 0 saturated carbocycles. The lowest BCUT2D eigenvalue weighted by molar-refractivity contribution is -0.136. The van der Waals surface area contributed by atoms with Gasteiger partial charge in [-0.15, -0.1) is 0 Å². The van der Waals surface area contributed by atoms with Gasteiger partial charge >= 0.3 is 11.6 Å². The maximum atomic E-state index is 12.2. The van der Waals surface area contributed by atoms with E-state index in [0.717, 1.165) is 16.5 Å². The summed E-state index contributed by atoms with van der Waals surface area (Å²) in [6, 6.07) is 13.4. The summed E-state index contributed by atoms with van der Waals surface area (Å²) < 4.78 is 11.2. The Morgan fingerprint density at radius 2 is 1.96 bits per heavy atom. The first-order chi connectivity index (χ1) is 12.4. The molecule has 5 heteroatoms. The van der Waals surface area contributed by atoms with Gasteiger partial charge in [0.25, 0.3) is 0 Å². The second-order valence-corrected chi connectivity index (χ2v) is 6.32. The van der Waals surface area contributed by atoms with Crippen LogP contribution in [0.2, 0.25) is 0 Å². The van der Waals surface area contributed by atoms with Crippen molar-refractivity contribution in [2.75, 3.05) is 0 Å². The Morgan fingerprint density at radius 3 is 2.69 bits per heavy atom. The minimum atomic E-state index is -0.941. The Labute approximate surface area is 150 Å². The molecule has 0 atom stereocenters. The summed E-state index contributed by atoms with van der Waals surface area (Å²) in [6.07, 6.45) is 0.0554. The van der Waals surface area contributed by atoms with Crippen LogP contribution in [0.4, 0.5) is 0 Å². The molecule has 1 aromatic heterocycles. The van der Waals surface area contributed by atoms with E-state index in [1.165, 1.54) is 5.56 Å². The SMILES string of the molecule is Cc1cccc(COc2ccc3c(C)c(CCC(=O)O)c(=O)oc3c2)c1. The van der Waals surface area contributed by atoms with E-state index in [1.807, 2.05) is 44.2 Å². The van der Waals surface area contributed by atoms with Gasteiger partial charge in [0.15, 0.2) is 0 Å². The van der Waals surface area contributed by atoms with E-state index in [-0.39, 0.29) is 12.8 Å². The molecule has 0 unspecified atom stereocenters. The van der Waals surface area contributed by atoms with Gasteiger partial charge in [-0.3, -0.25) is 4.79 Å². The number of rotatable bonds is 6. The first kappa shape index (κ1) is 17.7. The number of carbonyl (C=O) groups is 1. The van der Waals surface area contributed by atoms with Crippen LogP contribution in [0.1, 0.15) is 28.7 Å². The molecule has 0 aliphatic rings.